The SMILES string of the molecule is COCCNC(=O)c1nn(CCC(C)C)c2c1CN(Cc1cccnc1)CC2. The standard InChI is InChI=1S/C21H31N5O2/c1-16(2)6-11-26-19-7-10-25(14-17-5-4-8-22-13-17)15-18(19)20(24-26)21(27)23-9-12-28-3/h4-5,8,13,16H,6-7,9-12,14-15H2,1-3H3,(H,23,27). The molecule has 0 aromatic carbocycles. The molecule has 0 unspecified atom stereocenters. The molecule has 0 bridgehead atoms. The highest BCUT2D eigenvalue weighted by Crippen LogP contribution is 2.24. The Morgan fingerprint density at radius 1 is 1.39 bits per heavy atom. The summed E-state index contributed by atoms with van der Waals surface area (Å²) in [4.78, 5) is 19.3. The van der Waals surface area contributed by atoms with Crippen molar-refractivity contribution >= 4 is 5.91 Å². The normalized spacial score (nSPS) is 14.3. The zero-order valence-electron chi connectivity index (χ0n) is 17.1. The number of hydrogen-bond acceptors (Lipinski definition) is 5. The summed E-state index contributed by atoms with van der Waals surface area (Å²) in [5.41, 5.74) is 4.02. The van der Waals surface area contributed by atoms with E-state index >= 15 is 0 Å². The van der Waals surface area contributed by atoms with E-state index in [1.54, 1.807) is 13.3 Å². The maximum absolute atomic E-state index is 12.7. The molecule has 0 saturated heterocycles. The van der Waals surface area contributed by atoms with Crippen molar-refractivity contribution in [1.82, 2.24) is 25.0 Å². The number of aryl methyl sites for hydroxylation is 1. The number of rotatable bonds is 9. The Hall–Kier alpha value is -2.25. The van der Waals surface area contributed by atoms with Gasteiger partial charge in [-0.15, -0.1) is 0 Å². The number of fused-ring (bicyclic) bond motifs is 1. The van der Waals surface area contributed by atoms with Gasteiger partial charge in [0.05, 0.1) is 6.61 Å². The molecule has 1 aliphatic rings. The minimum absolute atomic E-state index is 0.111. The molecule has 0 saturated carbocycles. The van der Waals surface area contributed by atoms with Crippen molar-refractivity contribution < 1.29 is 9.53 Å². The first-order valence-corrected chi connectivity index (χ1v) is 10.1. The van der Waals surface area contributed by atoms with E-state index in [1.807, 2.05) is 12.3 Å². The number of pyridine rings is 1. The third-order valence-corrected chi connectivity index (χ3v) is 5.07. The number of amides is 1. The van der Waals surface area contributed by atoms with Gasteiger partial charge in [-0.3, -0.25) is 19.4 Å². The first-order valence-electron chi connectivity index (χ1n) is 10.1. The average molecular weight is 386 g/mol. The first-order chi connectivity index (χ1) is 13.6. The van der Waals surface area contributed by atoms with Crippen LogP contribution >= 0.6 is 0 Å². The second-order valence-corrected chi connectivity index (χ2v) is 7.75. The number of nitrogens with one attached hydrogen (secondary N) is 1. The third-order valence-electron chi connectivity index (χ3n) is 5.07. The van der Waals surface area contributed by atoms with Crippen LogP contribution in [0, 0.1) is 5.92 Å². The molecule has 0 atom stereocenters. The summed E-state index contributed by atoms with van der Waals surface area (Å²) in [7, 11) is 1.63. The molecule has 1 amide bonds. The van der Waals surface area contributed by atoms with Gasteiger partial charge < -0.3 is 10.1 Å². The molecule has 3 rings (SSSR count). The van der Waals surface area contributed by atoms with Gasteiger partial charge in [-0.25, -0.2) is 0 Å². The zero-order valence-corrected chi connectivity index (χ0v) is 17.1. The molecule has 0 aliphatic carbocycles. The molecule has 2 aromatic rings. The molecule has 0 radical (unpaired) electrons. The summed E-state index contributed by atoms with van der Waals surface area (Å²) in [6, 6.07) is 4.05. The molecule has 0 fully saturated rings. The van der Waals surface area contributed by atoms with Crippen LogP contribution in [0.3, 0.4) is 0 Å². The zero-order chi connectivity index (χ0) is 19.9. The van der Waals surface area contributed by atoms with Gasteiger partial charge >= 0.3 is 0 Å². The molecule has 2 aromatic heterocycles. The van der Waals surface area contributed by atoms with Crippen molar-refractivity contribution in [2.24, 2.45) is 5.92 Å². The summed E-state index contributed by atoms with van der Waals surface area (Å²) >= 11 is 0. The molecule has 28 heavy (non-hydrogen) atoms. The fourth-order valence-corrected chi connectivity index (χ4v) is 3.53. The highest BCUT2D eigenvalue weighted by atomic mass is 16.5. The van der Waals surface area contributed by atoms with Crippen LogP contribution in [0.4, 0.5) is 0 Å². The predicted octanol–water partition coefficient (Wildman–Crippen LogP) is 2.26. The second kappa shape index (κ2) is 9.80. The molecule has 0 spiro atoms. The van der Waals surface area contributed by atoms with Crippen LogP contribution < -0.4 is 5.32 Å². The quantitative estimate of drug-likeness (QED) is 0.671. The van der Waals surface area contributed by atoms with Crippen molar-refractivity contribution in [3.63, 3.8) is 0 Å². The Bertz CT molecular complexity index is 773. The van der Waals surface area contributed by atoms with Crippen LogP contribution in [0.2, 0.25) is 0 Å². The Balaban J connectivity index is 1.79. The van der Waals surface area contributed by atoms with Gasteiger partial charge in [-0.2, -0.15) is 5.10 Å². The number of aromatic nitrogens is 3. The van der Waals surface area contributed by atoms with Gasteiger partial charge in [-0.05, 0) is 24.0 Å². The highest BCUT2D eigenvalue weighted by molar-refractivity contribution is 5.94. The van der Waals surface area contributed by atoms with Crippen molar-refractivity contribution in [1.29, 1.82) is 0 Å². The molecular formula is C21H31N5O2. The van der Waals surface area contributed by atoms with Crippen molar-refractivity contribution in [3.8, 4) is 0 Å². The van der Waals surface area contributed by atoms with Crippen LogP contribution in [0.5, 0.6) is 0 Å². The van der Waals surface area contributed by atoms with Crippen LogP contribution in [-0.2, 0) is 30.8 Å². The van der Waals surface area contributed by atoms with Gasteiger partial charge in [-0.1, -0.05) is 19.9 Å². The van der Waals surface area contributed by atoms with Gasteiger partial charge in [0, 0.05) is 69.9 Å². The fraction of sp³-hybridized carbons (Fsp3) is 0.571. The second-order valence-electron chi connectivity index (χ2n) is 7.75. The van der Waals surface area contributed by atoms with Crippen LogP contribution in [-0.4, -0.2) is 52.4 Å². The summed E-state index contributed by atoms with van der Waals surface area (Å²) < 4.78 is 7.10. The highest BCUT2D eigenvalue weighted by Gasteiger charge is 2.28. The molecular weight excluding hydrogens is 354 g/mol. The van der Waals surface area contributed by atoms with Crippen LogP contribution in [0.1, 0.15) is 47.6 Å². The number of carbonyl (C=O) groups is 1. The number of nitrogens with zero attached hydrogens (tertiary/aromatic N) is 4. The Morgan fingerprint density at radius 2 is 2.25 bits per heavy atom. The third kappa shape index (κ3) is 5.17. The summed E-state index contributed by atoms with van der Waals surface area (Å²) in [6.07, 6.45) is 5.66. The number of hydrogen-bond donors (Lipinski definition) is 1. The predicted molar refractivity (Wildman–Crippen MR) is 108 cm³/mol. The van der Waals surface area contributed by atoms with E-state index in [-0.39, 0.29) is 5.91 Å². The lowest BCUT2D eigenvalue weighted by molar-refractivity contribution is 0.0929. The molecule has 7 heteroatoms. The molecule has 1 aliphatic heterocycles. The van der Waals surface area contributed by atoms with Crippen LogP contribution in [0.15, 0.2) is 24.5 Å². The lowest BCUT2D eigenvalue weighted by atomic mass is 10.0. The summed E-state index contributed by atoms with van der Waals surface area (Å²) in [6.45, 7) is 8.79. The lowest BCUT2D eigenvalue weighted by Crippen LogP contribution is -2.33. The average Bonchev–Trinajstić information content (AvgIpc) is 3.05. The monoisotopic (exact) mass is 385 g/mol. The molecule has 1 N–H and O–H groups in total. The van der Waals surface area contributed by atoms with Crippen LogP contribution in [0.25, 0.3) is 0 Å². The molecule has 152 valence electrons. The van der Waals surface area contributed by atoms with E-state index in [1.165, 1.54) is 11.3 Å². The van der Waals surface area contributed by atoms with Gasteiger partial charge in [0.15, 0.2) is 5.69 Å². The Labute approximate surface area is 167 Å². The van der Waals surface area contributed by atoms with E-state index < -0.39 is 0 Å². The number of ether oxygens (including phenoxy) is 1. The van der Waals surface area contributed by atoms with E-state index in [0.717, 1.165) is 44.6 Å². The van der Waals surface area contributed by atoms with E-state index in [4.69, 9.17) is 9.84 Å². The van der Waals surface area contributed by atoms with Gasteiger partial charge in [0.25, 0.3) is 5.91 Å². The largest absolute Gasteiger partial charge is 0.383 e. The maximum Gasteiger partial charge on any atom is 0.272 e. The van der Waals surface area contributed by atoms with Crippen molar-refractivity contribution in [3.05, 3.63) is 47.0 Å². The molecule has 7 nitrogen and oxygen atoms in total. The Kier molecular flexibility index (Phi) is 7.17. The van der Waals surface area contributed by atoms with Gasteiger partial charge in [0.1, 0.15) is 0 Å². The summed E-state index contributed by atoms with van der Waals surface area (Å²) in [5, 5.41) is 7.63. The first kappa shape index (κ1) is 20.5. The minimum atomic E-state index is -0.111. The van der Waals surface area contributed by atoms with Crippen molar-refractivity contribution in [2.45, 2.75) is 46.3 Å². The Morgan fingerprint density at radius 3 is 2.96 bits per heavy atom. The van der Waals surface area contributed by atoms with E-state index in [2.05, 4.69) is 39.8 Å². The topological polar surface area (TPSA) is 72.3 Å². The van der Waals surface area contributed by atoms with E-state index in [9.17, 15) is 4.79 Å². The fourth-order valence-electron chi connectivity index (χ4n) is 3.53. The van der Waals surface area contributed by atoms with Crippen molar-refractivity contribution in [2.75, 3.05) is 26.8 Å². The number of methoxy groups -OCH3 is 1. The maximum atomic E-state index is 12.7. The lowest BCUT2D eigenvalue weighted by Gasteiger charge is -2.27. The number of carbonyl (C=O) groups excluding carboxylic acids is 1. The smallest absolute Gasteiger partial charge is 0.272 e. The minimum Gasteiger partial charge on any atom is -0.383 e. The molecule has 3 heterocycles. The van der Waals surface area contributed by atoms with Gasteiger partial charge in [0.2, 0.25) is 0 Å². The summed E-state index contributed by atoms with van der Waals surface area (Å²) in [5.74, 6) is 0.490. The van der Waals surface area contributed by atoms with E-state index in [0.29, 0.717) is 24.8 Å².